The fraction of sp³-hybridized carbons (Fsp3) is 0.400. The van der Waals surface area contributed by atoms with Crippen LogP contribution in [0.4, 0.5) is 10.5 Å². The van der Waals surface area contributed by atoms with Gasteiger partial charge in [0, 0.05) is 18.7 Å². The highest BCUT2D eigenvalue weighted by molar-refractivity contribution is 5.94. The van der Waals surface area contributed by atoms with E-state index in [1.54, 1.807) is 11.9 Å². The number of carbonyl (C=O) groups is 3. The van der Waals surface area contributed by atoms with Crippen LogP contribution in [-0.4, -0.2) is 42.9 Å². The summed E-state index contributed by atoms with van der Waals surface area (Å²) in [6, 6.07) is 4.92. The van der Waals surface area contributed by atoms with Crippen molar-refractivity contribution in [1.29, 1.82) is 0 Å². The van der Waals surface area contributed by atoms with Gasteiger partial charge in [0.05, 0.1) is 6.54 Å². The maximum Gasteiger partial charge on any atom is 0.318 e. The third kappa shape index (κ3) is 5.92. The van der Waals surface area contributed by atoms with Crippen molar-refractivity contribution in [2.45, 2.75) is 20.3 Å². The summed E-state index contributed by atoms with van der Waals surface area (Å²) in [4.78, 5) is 35.5. The number of imide groups is 1. The van der Waals surface area contributed by atoms with E-state index in [1.165, 1.54) is 0 Å². The number of nitrogens with one attached hydrogen (secondary N) is 2. The molecule has 0 saturated carbocycles. The van der Waals surface area contributed by atoms with Crippen LogP contribution in [0.5, 0.6) is 0 Å². The monoisotopic (exact) mass is 306 g/mol. The number of hydrogen-bond acceptors (Lipinski definition) is 4. The van der Waals surface area contributed by atoms with Gasteiger partial charge in [-0.15, -0.1) is 0 Å². The van der Waals surface area contributed by atoms with Gasteiger partial charge in [-0.3, -0.25) is 19.8 Å². The molecule has 0 aliphatic rings. The number of primary amides is 1. The lowest BCUT2D eigenvalue weighted by molar-refractivity contribution is -0.121. The molecule has 0 atom stereocenters. The second-order valence-corrected chi connectivity index (χ2v) is 5.22. The first kappa shape index (κ1) is 17.6. The van der Waals surface area contributed by atoms with Crippen LogP contribution in [0.25, 0.3) is 0 Å². The highest BCUT2D eigenvalue weighted by Crippen LogP contribution is 2.19. The summed E-state index contributed by atoms with van der Waals surface area (Å²) in [6.07, 6.45) is 0.0934. The van der Waals surface area contributed by atoms with Crippen molar-refractivity contribution in [3.8, 4) is 0 Å². The molecule has 1 rings (SSSR count). The predicted molar refractivity (Wildman–Crippen MR) is 84.4 cm³/mol. The largest absolute Gasteiger partial charge is 0.351 e. The highest BCUT2D eigenvalue weighted by Gasteiger charge is 2.11. The number of para-hydroxylation sites is 1. The van der Waals surface area contributed by atoms with Gasteiger partial charge >= 0.3 is 6.03 Å². The first-order valence-electron chi connectivity index (χ1n) is 6.93. The summed E-state index contributed by atoms with van der Waals surface area (Å²) in [6.45, 7) is 4.36. The second-order valence-electron chi connectivity index (χ2n) is 5.22. The van der Waals surface area contributed by atoms with Crippen LogP contribution in [0.3, 0.4) is 0 Å². The molecular weight excluding hydrogens is 284 g/mol. The lowest BCUT2D eigenvalue weighted by atomic mass is 10.1. The molecule has 1 aromatic carbocycles. The number of urea groups is 1. The van der Waals surface area contributed by atoms with E-state index < -0.39 is 11.9 Å². The van der Waals surface area contributed by atoms with Gasteiger partial charge in [-0.05, 0) is 32.0 Å². The number of nitrogens with two attached hydrogens (primary N) is 1. The normalized spacial score (nSPS) is 10.4. The Bertz CT molecular complexity index is 552. The topological polar surface area (TPSA) is 105 Å². The molecule has 0 aromatic heterocycles. The average molecular weight is 306 g/mol. The molecule has 0 heterocycles. The minimum Gasteiger partial charge on any atom is -0.351 e. The van der Waals surface area contributed by atoms with Gasteiger partial charge in [-0.2, -0.15) is 0 Å². The molecule has 7 heteroatoms. The zero-order valence-electron chi connectivity index (χ0n) is 13.1. The Kier molecular flexibility index (Phi) is 6.52. The standard InChI is InChI=1S/C15H22N4O3/c1-10-5-4-6-11(2)14(10)17-13(21)9-19(3)8-7-12(20)18-15(16)22/h4-6H,7-9H2,1-3H3,(H,17,21)(H3,16,18,20,22). The Labute approximate surface area is 129 Å². The SMILES string of the molecule is Cc1cccc(C)c1NC(=O)CN(C)CCC(=O)NC(N)=O. The molecule has 1 aromatic rings. The van der Waals surface area contributed by atoms with Crippen molar-refractivity contribution in [1.82, 2.24) is 10.2 Å². The van der Waals surface area contributed by atoms with Crippen LogP contribution in [-0.2, 0) is 9.59 Å². The van der Waals surface area contributed by atoms with Crippen molar-refractivity contribution in [3.63, 3.8) is 0 Å². The predicted octanol–water partition coefficient (Wildman–Crippen LogP) is 0.759. The zero-order chi connectivity index (χ0) is 16.7. The Morgan fingerprint density at radius 3 is 2.27 bits per heavy atom. The summed E-state index contributed by atoms with van der Waals surface area (Å²) < 4.78 is 0. The third-order valence-electron chi connectivity index (χ3n) is 3.14. The van der Waals surface area contributed by atoms with Gasteiger partial charge in [0.25, 0.3) is 0 Å². The molecular formula is C15H22N4O3. The number of anilines is 1. The number of hydrogen-bond donors (Lipinski definition) is 3. The Morgan fingerprint density at radius 1 is 1.14 bits per heavy atom. The van der Waals surface area contributed by atoms with Crippen LogP contribution in [0.15, 0.2) is 18.2 Å². The zero-order valence-corrected chi connectivity index (χ0v) is 13.1. The minimum atomic E-state index is -0.875. The third-order valence-corrected chi connectivity index (χ3v) is 3.14. The lowest BCUT2D eigenvalue weighted by Crippen LogP contribution is -2.38. The first-order valence-corrected chi connectivity index (χ1v) is 6.93. The van der Waals surface area contributed by atoms with Crippen LogP contribution in [0, 0.1) is 13.8 Å². The number of nitrogens with zero attached hydrogens (tertiary/aromatic N) is 1. The smallest absolute Gasteiger partial charge is 0.318 e. The van der Waals surface area contributed by atoms with Crippen molar-refractivity contribution >= 4 is 23.5 Å². The maximum atomic E-state index is 12.0. The van der Waals surface area contributed by atoms with Crippen LogP contribution < -0.4 is 16.4 Å². The highest BCUT2D eigenvalue weighted by atomic mass is 16.2. The average Bonchev–Trinajstić information content (AvgIpc) is 2.40. The lowest BCUT2D eigenvalue weighted by Gasteiger charge is -2.17. The van der Waals surface area contributed by atoms with Crippen molar-refractivity contribution in [2.75, 3.05) is 25.5 Å². The number of rotatable bonds is 6. The maximum absolute atomic E-state index is 12.0. The molecule has 0 saturated heterocycles. The first-order chi connectivity index (χ1) is 10.3. The summed E-state index contributed by atoms with van der Waals surface area (Å²) in [5, 5.41) is 4.85. The van der Waals surface area contributed by atoms with E-state index in [0.29, 0.717) is 6.54 Å². The fourth-order valence-electron chi connectivity index (χ4n) is 2.01. The number of amides is 4. The van der Waals surface area contributed by atoms with Crippen molar-refractivity contribution in [2.24, 2.45) is 5.73 Å². The summed E-state index contributed by atoms with van der Waals surface area (Å²) in [7, 11) is 1.72. The minimum absolute atomic E-state index is 0.0934. The second kappa shape index (κ2) is 8.14. The summed E-state index contributed by atoms with van der Waals surface area (Å²) in [5.74, 6) is -0.621. The number of carbonyl (C=O) groups excluding carboxylic acids is 3. The molecule has 0 fully saturated rings. The van der Waals surface area contributed by atoms with Crippen LogP contribution in [0.1, 0.15) is 17.5 Å². The van der Waals surface area contributed by atoms with Gasteiger partial charge in [-0.1, -0.05) is 18.2 Å². The van der Waals surface area contributed by atoms with Crippen LogP contribution >= 0.6 is 0 Å². The molecule has 0 bridgehead atoms. The molecule has 4 amide bonds. The van der Waals surface area contributed by atoms with E-state index >= 15 is 0 Å². The van der Waals surface area contributed by atoms with Gasteiger partial charge in [0.15, 0.2) is 0 Å². The molecule has 0 unspecified atom stereocenters. The van der Waals surface area contributed by atoms with E-state index in [9.17, 15) is 14.4 Å². The van der Waals surface area contributed by atoms with Crippen molar-refractivity contribution in [3.05, 3.63) is 29.3 Å². The molecule has 0 spiro atoms. The molecule has 0 radical (unpaired) electrons. The quantitative estimate of drug-likeness (QED) is 0.721. The molecule has 120 valence electrons. The summed E-state index contributed by atoms with van der Waals surface area (Å²) >= 11 is 0. The summed E-state index contributed by atoms with van der Waals surface area (Å²) in [5.41, 5.74) is 7.65. The number of aryl methyl sites for hydroxylation is 2. The van der Waals surface area contributed by atoms with Crippen LogP contribution in [0.2, 0.25) is 0 Å². The van der Waals surface area contributed by atoms with E-state index in [4.69, 9.17) is 5.73 Å². The molecule has 22 heavy (non-hydrogen) atoms. The fourth-order valence-corrected chi connectivity index (χ4v) is 2.01. The Hall–Kier alpha value is -2.41. The van der Waals surface area contributed by atoms with E-state index in [0.717, 1.165) is 16.8 Å². The molecule has 7 nitrogen and oxygen atoms in total. The van der Waals surface area contributed by atoms with E-state index in [1.807, 2.05) is 37.4 Å². The number of likely N-dealkylation sites (N-methyl/N-ethyl adjacent to an activating group) is 1. The van der Waals surface area contributed by atoms with Gasteiger partial charge in [0.1, 0.15) is 0 Å². The van der Waals surface area contributed by atoms with Gasteiger partial charge in [0.2, 0.25) is 11.8 Å². The van der Waals surface area contributed by atoms with E-state index in [2.05, 4.69) is 5.32 Å². The van der Waals surface area contributed by atoms with Gasteiger partial charge < -0.3 is 11.1 Å². The molecule has 4 N–H and O–H groups in total. The number of benzene rings is 1. The van der Waals surface area contributed by atoms with E-state index in [-0.39, 0.29) is 18.9 Å². The molecule has 0 aliphatic heterocycles. The Morgan fingerprint density at radius 2 is 1.73 bits per heavy atom. The molecule has 0 aliphatic carbocycles. The van der Waals surface area contributed by atoms with Gasteiger partial charge in [-0.25, -0.2) is 4.79 Å². The Balaban J connectivity index is 2.45. The van der Waals surface area contributed by atoms with Crippen molar-refractivity contribution < 1.29 is 14.4 Å².